The number of nitrogens with zero attached hydrogens (tertiary/aromatic N) is 5. The van der Waals surface area contributed by atoms with Crippen molar-refractivity contribution >= 4 is 23.4 Å². The summed E-state index contributed by atoms with van der Waals surface area (Å²) in [5.74, 6) is -0.556. The van der Waals surface area contributed by atoms with E-state index in [1.54, 1.807) is 32.0 Å². The first-order valence-electron chi connectivity index (χ1n) is 9.73. The Balaban J connectivity index is 1.66. The molecule has 1 aromatic carbocycles. The summed E-state index contributed by atoms with van der Waals surface area (Å²) in [5.41, 5.74) is -0.629. The first-order chi connectivity index (χ1) is 14.5. The Bertz CT molecular complexity index is 928. The Morgan fingerprint density at radius 1 is 1.13 bits per heavy atom. The molecule has 1 unspecified atom stereocenters. The second-order valence-electron chi connectivity index (χ2n) is 7.50. The van der Waals surface area contributed by atoms with E-state index in [4.69, 9.17) is 0 Å². The molecule has 1 saturated heterocycles. The number of benzene rings is 1. The number of hydrogen-bond acceptors (Lipinski definition) is 6. The van der Waals surface area contributed by atoms with Crippen LogP contribution < -0.4 is 15.1 Å². The number of rotatable bonds is 5. The van der Waals surface area contributed by atoms with Crippen molar-refractivity contribution in [2.75, 3.05) is 55.4 Å². The molecular weight excluding hydrogens is 416 g/mol. The highest BCUT2D eigenvalue weighted by atomic mass is 19.4. The van der Waals surface area contributed by atoms with Crippen LogP contribution in [0.2, 0.25) is 0 Å². The van der Waals surface area contributed by atoms with Crippen LogP contribution in [0, 0.1) is 5.82 Å². The first kappa shape index (κ1) is 22.7. The van der Waals surface area contributed by atoms with Gasteiger partial charge in [0.2, 0.25) is 11.9 Å². The number of amides is 1. The average molecular weight is 440 g/mol. The Labute approximate surface area is 177 Å². The number of alkyl halides is 3. The topological polar surface area (TPSA) is 64.6 Å². The minimum absolute atomic E-state index is 0.00930. The molecule has 1 amide bonds. The van der Waals surface area contributed by atoms with Gasteiger partial charge in [0.15, 0.2) is 5.69 Å². The maximum absolute atomic E-state index is 13.3. The molecule has 1 aliphatic heterocycles. The minimum atomic E-state index is -4.58. The molecule has 3 rings (SSSR count). The van der Waals surface area contributed by atoms with Gasteiger partial charge in [0.1, 0.15) is 11.6 Å². The van der Waals surface area contributed by atoms with Crippen LogP contribution in [0.3, 0.4) is 0 Å². The van der Waals surface area contributed by atoms with Crippen molar-refractivity contribution in [3.05, 3.63) is 41.8 Å². The number of carbonyl (C=O) groups excluding carboxylic acids is 1. The summed E-state index contributed by atoms with van der Waals surface area (Å²) in [7, 11) is 3.23. The van der Waals surface area contributed by atoms with Gasteiger partial charge in [-0.1, -0.05) is 6.07 Å². The molecule has 0 aliphatic carbocycles. The largest absolute Gasteiger partial charge is 0.433 e. The maximum atomic E-state index is 13.3. The van der Waals surface area contributed by atoms with Crippen LogP contribution in [0.15, 0.2) is 30.3 Å². The standard InChI is InChI=1S/C20H24F4N6O/c1-13(18(31)25-15-6-4-5-14(21)11-15)29-7-9-30(10-8-29)19-26-16(20(22,23)24)12-17(27-19)28(2)3/h4-6,11-13H,7-10H2,1-3H3,(H,25,31). The van der Waals surface area contributed by atoms with Crippen molar-refractivity contribution in [2.24, 2.45) is 0 Å². The van der Waals surface area contributed by atoms with Gasteiger partial charge < -0.3 is 15.1 Å². The van der Waals surface area contributed by atoms with E-state index < -0.39 is 23.7 Å². The highest BCUT2D eigenvalue weighted by molar-refractivity contribution is 5.94. The number of carbonyl (C=O) groups is 1. The maximum Gasteiger partial charge on any atom is 0.433 e. The van der Waals surface area contributed by atoms with E-state index in [1.807, 2.05) is 4.90 Å². The van der Waals surface area contributed by atoms with Gasteiger partial charge in [-0.15, -0.1) is 0 Å². The molecule has 2 aromatic rings. The Morgan fingerprint density at radius 3 is 2.39 bits per heavy atom. The number of anilines is 3. The second kappa shape index (κ2) is 9.04. The minimum Gasteiger partial charge on any atom is -0.363 e. The van der Waals surface area contributed by atoms with Crippen LogP contribution in [0.5, 0.6) is 0 Å². The summed E-state index contributed by atoms with van der Waals surface area (Å²) in [5, 5.41) is 2.68. The lowest BCUT2D eigenvalue weighted by Gasteiger charge is -2.37. The molecule has 168 valence electrons. The normalized spacial score (nSPS) is 16.2. The summed E-state index contributed by atoms with van der Waals surface area (Å²) in [6.45, 7) is 3.34. The van der Waals surface area contributed by atoms with Crippen LogP contribution in [-0.2, 0) is 11.0 Å². The summed E-state index contributed by atoms with van der Waals surface area (Å²) >= 11 is 0. The molecule has 1 atom stereocenters. The Morgan fingerprint density at radius 2 is 1.81 bits per heavy atom. The number of nitrogens with one attached hydrogen (secondary N) is 1. The predicted octanol–water partition coefficient (Wildman–Crippen LogP) is 2.85. The van der Waals surface area contributed by atoms with E-state index in [0.717, 1.165) is 6.07 Å². The first-order valence-corrected chi connectivity index (χ1v) is 9.73. The SMILES string of the molecule is CC(C(=O)Nc1cccc(F)c1)N1CCN(c2nc(N(C)C)cc(C(F)(F)F)n2)CC1. The monoisotopic (exact) mass is 440 g/mol. The molecule has 0 radical (unpaired) electrons. The summed E-state index contributed by atoms with van der Waals surface area (Å²) in [6.07, 6.45) is -4.58. The number of halogens is 4. The lowest BCUT2D eigenvalue weighted by Crippen LogP contribution is -2.53. The van der Waals surface area contributed by atoms with Gasteiger partial charge in [-0.05, 0) is 25.1 Å². The van der Waals surface area contributed by atoms with E-state index >= 15 is 0 Å². The predicted molar refractivity (Wildman–Crippen MR) is 110 cm³/mol. The molecule has 0 bridgehead atoms. The lowest BCUT2D eigenvalue weighted by atomic mass is 10.2. The van der Waals surface area contributed by atoms with E-state index in [2.05, 4.69) is 15.3 Å². The van der Waals surface area contributed by atoms with Crippen molar-refractivity contribution < 1.29 is 22.4 Å². The number of aromatic nitrogens is 2. The van der Waals surface area contributed by atoms with Gasteiger partial charge in [-0.3, -0.25) is 9.69 Å². The van der Waals surface area contributed by atoms with Gasteiger partial charge in [-0.25, -0.2) is 9.37 Å². The van der Waals surface area contributed by atoms with Gasteiger partial charge in [-0.2, -0.15) is 18.2 Å². The highest BCUT2D eigenvalue weighted by Gasteiger charge is 2.35. The quantitative estimate of drug-likeness (QED) is 0.722. The van der Waals surface area contributed by atoms with E-state index in [-0.39, 0.29) is 17.7 Å². The lowest BCUT2D eigenvalue weighted by molar-refractivity contribution is -0.141. The van der Waals surface area contributed by atoms with Crippen molar-refractivity contribution in [3.8, 4) is 0 Å². The molecule has 7 nitrogen and oxygen atoms in total. The van der Waals surface area contributed by atoms with Gasteiger partial charge >= 0.3 is 6.18 Å². The molecule has 0 saturated carbocycles. The molecular formula is C20H24F4N6O. The molecule has 1 N–H and O–H groups in total. The fraction of sp³-hybridized carbons (Fsp3) is 0.450. The van der Waals surface area contributed by atoms with Gasteiger partial charge in [0.25, 0.3) is 0 Å². The van der Waals surface area contributed by atoms with Crippen molar-refractivity contribution in [1.29, 1.82) is 0 Å². The van der Waals surface area contributed by atoms with Gasteiger partial charge in [0, 0.05) is 52.0 Å². The van der Waals surface area contributed by atoms with Gasteiger partial charge in [0.05, 0.1) is 6.04 Å². The zero-order valence-electron chi connectivity index (χ0n) is 17.4. The zero-order valence-corrected chi connectivity index (χ0v) is 17.4. The molecule has 1 aromatic heterocycles. The molecule has 0 spiro atoms. The highest BCUT2D eigenvalue weighted by Crippen LogP contribution is 2.31. The Hall–Kier alpha value is -2.95. The number of piperazine rings is 1. The van der Waals surface area contributed by atoms with Crippen LogP contribution in [0.1, 0.15) is 12.6 Å². The molecule has 11 heteroatoms. The second-order valence-corrected chi connectivity index (χ2v) is 7.50. The van der Waals surface area contributed by atoms with Crippen molar-refractivity contribution in [3.63, 3.8) is 0 Å². The van der Waals surface area contributed by atoms with Crippen molar-refractivity contribution in [2.45, 2.75) is 19.1 Å². The van der Waals surface area contributed by atoms with E-state index in [0.29, 0.717) is 31.9 Å². The Kier molecular flexibility index (Phi) is 6.63. The van der Waals surface area contributed by atoms with Crippen molar-refractivity contribution in [1.82, 2.24) is 14.9 Å². The van der Waals surface area contributed by atoms with Crippen LogP contribution in [-0.4, -0.2) is 67.1 Å². The summed E-state index contributed by atoms with van der Waals surface area (Å²) < 4.78 is 53.0. The van der Waals surface area contributed by atoms with E-state index in [9.17, 15) is 22.4 Å². The zero-order chi connectivity index (χ0) is 22.8. The molecule has 2 heterocycles. The third-order valence-electron chi connectivity index (χ3n) is 5.07. The molecule has 1 aliphatic rings. The summed E-state index contributed by atoms with van der Waals surface area (Å²) in [4.78, 5) is 25.5. The van der Waals surface area contributed by atoms with Crippen LogP contribution in [0.25, 0.3) is 0 Å². The molecule has 1 fully saturated rings. The van der Waals surface area contributed by atoms with E-state index in [1.165, 1.54) is 23.1 Å². The average Bonchev–Trinajstić information content (AvgIpc) is 2.72. The smallest absolute Gasteiger partial charge is 0.363 e. The fourth-order valence-electron chi connectivity index (χ4n) is 3.23. The van der Waals surface area contributed by atoms with Crippen LogP contribution >= 0.6 is 0 Å². The fourth-order valence-corrected chi connectivity index (χ4v) is 3.23. The third-order valence-corrected chi connectivity index (χ3v) is 5.07. The summed E-state index contributed by atoms with van der Waals surface area (Å²) in [6, 6.07) is 6.04. The molecule has 31 heavy (non-hydrogen) atoms. The number of hydrogen-bond donors (Lipinski definition) is 1. The third kappa shape index (κ3) is 5.60. The van der Waals surface area contributed by atoms with Crippen LogP contribution in [0.4, 0.5) is 35.0 Å².